The lowest BCUT2D eigenvalue weighted by atomic mass is 9.95. The van der Waals surface area contributed by atoms with E-state index in [-0.39, 0.29) is 0 Å². The molecule has 1 fully saturated rings. The molecule has 1 aliphatic rings. The van der Waals surface area contributed by atoms with Crippen LogP contribution in [-0.2, 0) is 0 Å². The van der Waals surface area contributed by atoms with E-state index in [0.29, 0.717) is 6.04 Å². The summed E-state index contributed by atoms with van der Waals surface area (Å²) in [4.78, 5) is 4.86. The van der Waals surface area contributed by atoms with Crippen molar-refractivity contribution in [2.75, 3.05) is 5.32 Å². The number of hydrogen-bond donors (Lipinski definition) is 1. The van der Waals surface area contributed by atoms with Gasteiger partial charge in [-0.15, -0.1) is 0 Å². The first kappa shape index (κ1) is 14.3. The van der Waals surface area contributed by atoms with Crippen LogP contribution in [0.3, 0.4) is 0 Å². The van der Waals surface area contributed by atoms with E-state index in [2.05, 4.69) is 59.9 Å². The number of para-hydroxylation sites is 1. The van der Waals surface area contributed by atoms with Crippen LogP contribution in [-0.4, -0.2) is 11.0 Å². The quantitative estimate of drug-likeness (QED) is 0.676. The zero-order valence-electron chi connectivity index (χ0n) is 13.3. The minimum Gasteiger partial charge on any atom is -0.382 e. The zero-order chi connectivity index (χ0) is 15.5. The summed E-state index contributed by atoms with van der Waals surface area (Å²) in [6, 6.07) is 21.7. The second-order valence-electron chi connectivity index (χ2n) is 6.42. The third-order valence-corrected chi connectivity index (χ3v) is 4.75. The number of nitrogens with zero attached hydrogens (tertiary/aromatic N) is 1. The summed E-state index contributed by atoms with van der Waals surface area (Å²) in [6.07, 6.45) is 6.61. The summed E-state index contributed by atoms with van der Waals surface area (Å²) in [5, 5.41) is 5.01. The first-order valence-corrected chi connectivity index (χ1v) is 8.62. The molecule has 0 aliphatic heterocycles. The summed E-state index contributed by atoms with van der Waals surface area (Å²) < 4.78 is 0. The summed E-state index contributed by atoms with van der Waals surface area (Å²) in [5.74, 6) is 0. The Morgan fingerprint density at radius 1 is 0.826 bits per heavy atom. The Labute approximate surface area is 137 Å². The highest BCUT2D eigenvalue weighted by Gasteiger charge is 2.15. The van der Waals surface area contributed by atoms with E-state index in [1.165, 1.54) is 48.7 Å². The second kappa shape index (κ2) is 6.41. The van der Waals surface area contributed by atoms with Gasteiger partial charge in [-0.2, -0.15) is 0 Å². The maximum absolute atomic E-state index is 4.86. The number of anilines is 1. The van der Waals surface area contributed by atoms with Crippen molar-refractivity contribution in [3.63, 3.8) is 0 Å². The van der Waals surface area contributed by atoms with Crippen LogP contribution in [0.5, 0.6) is 0 Å². The number of rotatable bonds is 3. The van der Waals surface area contributed by atoms with Crippen LogP contribution in [0.2, 0.25) is 0 Å². The molecule has 3 aromatic rings. The molecular formula is C21H22N2. The fourth-order valence-corrected chi connectivity index (χ4v) is 3.52. The molecule has 1 heterocycles. The highest BCUT2D eigenvalue weighted by molar-refractivity contribution is 5.93. The van der Waals surface area contributed by atoms with Crippen molar-refractivity contribution in [1.29, 1.82) is 0 Å². The lowest BCUT2D eigenvalue weighted by Gasteiger charge is -2.25. The van der Waals surface area contributed by atoms with Crippen LogP contribution in [0, 0.1) is 0 Å². The molecule has 1 aromatic heterocycles. The average Bonchev–Trinajstić information content (AvgIpc) is 2.63. The third kappa shape index (κ3) is 3.07. The molecule has 2 nitrogen and oxygen atoms in total. The van der Waals surface area contributed by atoms with E-state index < -0.39 is 0 Å². The second-order valence-corrected chi connectivity index (χ2v) is 6.42. The third-order valence-electron chi connectivity index (χ3n) is 4.75. The van der Waals surface area contributed by atoms with Gasteiger partial charge in [0.05, 0.1) is 11.2 Å². The minimum absolute atomic E-state index is 0.596. The predicted octanol–water partition coefficient (Wildman–Crippen LogP) is 5.65. The fourth-order valence-electron chi connectivity index (χ4n) is 3.52. The lowest BCUT2D eigenvalue weighted by molar-refractivity contribution is 0.463. The molecule has 2 aromatic carbocycles. The fraction of sp³-hybridized carbons (Fsp3) is 0.286. The Balaban J connectivity index is 1.77. The molecule has 0 amide bonds. The molecule has 1 aliphatic carbocycles. The summed E-state index contributed by atoms with van der Waals surface area (Å²) in [7, 11) is 0. The van der Waals surface area contributed by atoms with Gasteiger partial charge in [0, 0.05) is 22.7 Å². The first-order chi connectivity index (χ1) is 11.4. The van der Waals surface area contributed by atoms with Crippen molar-refractivity contribution in [2.24, 2.45) is 0 Å². The van der Waals surface area contributed by atoms with Crippen LogP contribution >= 0.6 is 0 Å². The van der Waals surface area contributed by atoms with Gasteiger partial charge >= 0.3 is 0 Å². The van der Waals surface area contributed by atoms with Crippen molar-refractivity contribution in [3.05, 3.63) is 60.7 Å². The largest absolute Gasteiger partial charge is 0.382 e. The number of nitrogens with one attached hydrogen (secondary N) is 1. The molecule has 0 saturated heterocycles. The van der Waals surface area contributed by atoms with Crippen LogP contribution in [0.15, 0.2) is 60.7 Å². The van der Waals surface area contributed by atoms with Gasteiger partial charge in [0.1, 0.15) is 0 Å². The Hall–Kier alpha value is -2.35. The van der Waals surface area contributed by atoms with E-state index in [1.54, 1.807) is 0 Å². The van der Waals surface area contributed by atoms with Crippen molar-refractivity contribution in [3.8, 4) is 11.3 Å². The molecule has 0 unspecified atom stereocenters. The van der Waals surface area contributed by atoms with Gasteiger partial charge in [-0.3, -0.25) is 0 Å². The van der Waals surface area contributed by atoms with Crippen molar-refractivity contribution in [1.82, 2.24) is 4.98 Å². The Kier molecular flexibility index (Phi) is 3.97. The molecule has 2 heteroatoms. The number of benzene rings is 2. The van der Waals surface area contributed by atoms with Gasteiger partial charge in [-0.1, -0.05) is 67.8 Å². The Morgan fingerprint density at radius 3 is 2.39 bits per heavy atom. The van der Waals surface area contributed by atoms with Crippen molar-refractivity contribution in [2.45, 2.75) is 38.1 Å². The molecule has 116 valence electrons. The molecule has 0 atom stereocenters. The molecule has 1 saturated carbocycles. The van der Waals surface area contributed by atoms with Crippen LogP contribution in [0.25, 0.3) is 22.2 Å². The van der Waals surface area contributed by atoms with E-state index in [9.17, 15) is 0 Å². The van der Waals surface area contributed by atoms with Gasteiger partial charge in [-0.05, 0) is 25.0 Å². The predicted molar refractivity (Wildman–Crippen MR) is 97.7 cm³/mol. The van der Waals surface area contributed by atoms with Crippen LogP contribution in [0.4, 0.5) is 5.69 Å². The van der Waals surface area contributed by atoms with Crippen molar-refractivity contribution < 1.29 is 0 Å². The van der Waals surface area contributed by atoms with Gasteiger partial charge in [-0.25, -0.2) is 4.98 Å². The maximum atomic E-state index is 4.86. The summed E-state index contributed by atoms with van der Waals surface area (Å²) >= 11 is 0. The lowest BCUT2D eigenvalue weighted by Crippen LogP contribution is -2.22. The number of hydrogen-bond acceptors (Lipinski definition) is 2. The molecule has 4 rings (SSSR count). The smallest absolute Gasteiger partial charge is 0.0730 e. The standard InChI is InChI=1S/C21H22N2/c1-3-9-16(10-4-1)20-15-21(22-17-11-5-2-6-12-17)18-13-7-8-14-19(18)23-20/h1,3-4,7-10,13-15,17H,2,5-6,11-12H2,(H,22,23). The highest BCUT2D eigenvalue weighted by Crippen LogP contribution is 2.30. The summed E-state index contributed by atoms with van der Waals surface area (Å²) in [5.41, 5.74) is 4.50. The maximum Gasteiger partial charge on any atom is 0.0730 e. The highest BCUT2D eigenvalue weighted by atomic mass is 14.9. The molecule has 1 N–H and O–H groups in total. The van der Waals surface area contributed by atoms with E-state index in [0.717, 1.165) is 11.2 Å². The molecular weight excluding hydrogens is 280 g/mol. The average molecular weight is 302 g/mol. The monoisotopic (exact) mass is 302 g/mol. The topological polar surface area (TPSA) is 24.9 Å². The molecule has 0 spiro atoms. The molecule has 0 radical (unpaired) electrons. The normalized spacial score (nSPS) is 15.7. The van der Waals surface area contributed by atoms with Gasteiger partial charge in [0.2, 0.25) is 0 Å². The van der Waals surface area contributed by atoms with Gasteiger partial charge in [0.25, 0.3) is 0 Å². The number of pyridine rings is 1. The zero-order valence-corrected chi connectivity index (χ0v) is 13.3. The van der Waals surface area contributed by atoms with Gasteiger partial charge < -0.3 is 5.32 Å². The number of aromatic nitrogens is 1. The first-order valence-electron chi connectivity index (χ1n) is 8.62. The molecule has 23 heavy (non-hydrogen) atoms. The van der Waals surface area contributed by atoms with Crippen LogP contribution in [0.1, 0.15) is 32.1 Å². The Morgan fingerprint density at radius 2 is 1.57 bits per heavy atom. The number of fused-ring (bicyclic) bond motifs is 1. The summed E-state index contributed by atoms with van der Waals surface area (Å²) in [6.45, 7) is 0. The molecule has 0 bridgehead atoms. The van der Waals surface area contributed by atoms with E-state index >= 15 is 0 Å². The Bertz CT molecular complexity index is 789. The SMILES string of the molecule is c1ccc(-c2cc(NC3CCCCC3)c3ccccc3n2)cc1. The van der Waals surface area contributed by atoms with Crippen molar-refractivity contribution >= 4 is 16.6 Å². The van der Waals surface area contributed by atoms with E-state index in [4.69, 9.17) is 4.98 Å². The van der Waals surface area contributed by atoms with E-state index in [1.807, 2.05) is 6.07 Å². The minimum atomic E-state index is 0.596. The van der Waals surface area contributed by atoms with Gasteiger partial charge in [0.15, 0.2) is 0 Å². The van der Waals surface area contributed by atoms with Crippen LogP contribution < -0.4 is 5.32 Å².